The molecule has 1 atom stereocenters. The number of esters is 1. The van der Waals surface area contributed by atoms with Gasteiger partial charge in [0.05, 0.1) is 49.3 Å². The first-order chi connectivity index (χ1) is 20.0. The summed E-state index contributed by atoms with van der Waals surface area (Å²) in [6.07, 6.45) is 1.79. The number of hydrogen-bond acceptors (Lipinski definition) is 8. The second-order valence-electron chi connectivity index (χ2n) is 9.05. The monoisotopic (exact) mass is 570 g/mol. The maximum Gasteiger partial charge on any atom is 0.338 e. The Kier molecular flexibility index (Phi) is 8.35. The van der Waals surface area contributed by atoms with E-state index < -0.39 is 12.0 Å². The molecule has 0 saturated heterocycles. The van der Waals surface area contributed by atoms with Gasteiger partial charge in [-0.3, -0.25) is 9.36 Å². The molecule has 0 amide bonds. The van der Waals surface area contributed by atoms with E-state index in [0.717, 1.165) is 11.1 Å². The van der Waals surface area contributed by atoms with Gasteiger partial charge in [-0.15, -0.1) is 0 Å². The summed E-state index contributed by atoms with van der Waals surface area (Å²) in [5.74, 6) is 1.26. The fraction of sp³-hybridized carbons (Fsp3) is 0.219. The van der Waals surface area contributed by atoms with Crippen molar-refractivity contribution in [1.29, 1.82) is 0 Å². The van der Waals surface area contributed by atoms with Gasteiger partial charge in [-0.1, -0.05) is 59.9 Å². The molecule has 0 spiro atoms. The lowest BCUT2D eigenvalue weighted by Gasteiger charge is -2.26. The normalized spacial score (nSPS) is 14.7. The van der Waals surface area contributed by atoms with Crippen LogP contribution in [0.5, 0.6) is 17.2 Å². The van der Waals surface area contributed by atoms with Gasteiger partial charge in [0.1, 0.15) is 5.75 Å². The zero-order valence-electron chi connectivity index (χ0n) is 23.2. The van der Waals surface area contributed by atoms with E-state index in [1.54, 1.807) is 31.8 Å². The Bertz CT molecular complexity index is 1790. The topological polar surface area (TPSA) is 88.4 Å². The van der Waals surface area contributed by atoms with Gasteiger partial charge < -0.3 is 18.9 Å². The van der Waals surface area contributed by atoms with Crippen molar-refractivity contribution in [2.75, 3.05) is 27.4 Å². The SMILES string of the molecule is CCOC(=O)C1=C(c2ccccc2)N=c2s/c(=C\c3ccc(OCC)c(OC)c3)c(=O)n2[C@@H]1c1cccc(OC)c1. The molecule has 0 fully saturated rings. The molecule has 0 unspecified atom stereocenters. The van der Waals surface area contributed by atoms with E-state index in [9.17, 15) is 9.59 Å². The predicted octanol–water partition coefficient (Wildman–Crippen LogP) is 4.35. The summed E-state index contributed by atoms with van der Waals surface area (Å²) in [6.45, 7) is 4.34. The Morgan fingerprint density at radius 1 is 0.951 bits per heavy atom. The Morgan fingerprint density at radius 3 is 2.46 bits per heavy atom. The number of ether oxygens (including phenoxy) is 4. The van der Waals surface area contributed by atoms with E-state index in [1.165, 1.54) is 11.3 Å². The van der Waals surface area contributed by atoms with Crippen LogP contribution in [0.25, 0.3) is 11.8 Å². The van der Waals surface area contributed by atoms with Crippen molar-refractivity contribution in [2.45, 2.75) is 19.9 Å². The second-order valence-corrected chi connectivity index (χ2v) is 10.1. The molecular weight excluding hydrogens is 540 g/mol. The van der Waals surface area contributed by atoms with Crippen LogP contribution in [-0.4, -0.2) is 38.0 Å². The summed E-state index contributed by atoms with van der Waals surface area (Å²) in [6, 6.07) is 21.5. The van der Waals surface area contributed by atoms with Crippen molar-refractivity contribution in [3.63, 3.8) is 0 Å². The van der Waals surface area contributed by atoms with Gasteiger partial charge in [0.15, 0.2) is 16.3 Å². The van der Waals surface area contributed by atoms with Crippen molar-refractivity contribution in [3.8, 4) is 17.2 Å². The fourth-order valence-electron chi connectivity index (χ4n) is 4.77. The number of rotatable bonds is 9. The van der Waals surface area contributed by atoms with E-state index in [1.807, 2.05) is 79.7 Å². The number of nitrogens with zero attached hydrogens (tertiary/aromatic N) is 2. The minimum absolute atomic E-state index is 0.180. The van der Waals surface area contributed by atoms with Crippen LogP contribution in [0.15, 0.2) is 88.2 Å². The molecule has 1 aliphatic rings. The highest BCUT2D eigenvalue weighted by molar-refractivity contribution is 7.07. The lowest BCUT2D eigenvalue weighted by atomic mass is 9.93. The number of fused-ring (bicyclic) bond motifs is 1. The molecule has 9 heteroatoms. The Labute approximate surface area is 241 Å². The molecule has 4 aromatic rings. The molecular formula is C32H30N2O6S. The van der Waals surface area contributed by atoms with Gasteiger partial charge in [0, 0.05) is 5.56 Å². The van der Waals surface area contributed by atoms with Gasteiger partial charge in [0.25, 0.3) is 5.56 Å². The first-order valence-corrected chi connectivity index (χ1v) is 14.0. The molecule has 0 saturated carbocycles. The quantitative estimate of drug-likeness (QED) is 0.278. The van der Waals surface area contributed by atoms with Crippen LogP contribution in [-0.2, 0) is 9.53 Å². The van der Waals surface area contributed by atoms with Gasteiger partial charge in [-0.2, -0.15) is 0 Å². The average Bonchev–Trinajstić information content (AvgIpc) is 3.31. The summed E-state index contributed by atoms with van der Waals surface area (Å²) >= 11 is 1.26. The Morgan fingerprint density at radius 2 is 1.76 bits per heavy atom. The van der Waals surface area contributed by atoms with Crippen LogP contribution >= 0.6 is 11.3 Å². The summed E-state index contributed by atoms with van der Waals surface area (Å²) in [7, 11) is 3.15. The van der Waals surface area contributed by atoms with Crippen molar-refractivity contribution in [1.82, 2.24) is 4.57 Å². The van der Waals surface area contributed by atoms with E-state index >= 15 is 0 Å². The van der Waals surface area contributed by atoms with Crippen molar-refractivity contribution in [3.05, 3.63) is 115 Å². The lowest BCUT2D eigenvalue weighted by molar-refractivity contribution is -0.138. The van der Waals surface area contributed by atoms with Gasteiger partial charge in [0.2, 0.25) is 0 Å². The number of hydrogen-bond donors (Lipinski definition) is 0. The number of aromatic nitrogens is 1. The minimum atomic E-state index is -0.785. The smallest absolute Gasteiger partial charge is 0.338 e. The van der Waals surface area contributed by atoms with E-state index in [2.05, 4.69) is 0 Å². The lowest BCUT2D eigenvalue weighted by Crippen LogP contribution is -2.40. The molecule has 5 rings (SSSR count). The van der Waals surface area contributed by atoms with Crippen molar-refractivity contribution < 1.29 is 23.7 Å². The summed E-state index contributed by atoms with van der Waals surface area (Å²) in [5.41, 5.74) is 2.69. The van der Waals surface area contributed by atoms with E-state index in [-0.39, 0.29) is 17.7 Å². The van der Waals surface area contributed by atoms with Gasteiger partial charge in [-0.25, -0.2) is 9.79 Å². The first kappa shape index (κ1) is 27.9. The molecule has 0 aliphatic carbocycles. The highest BCUT2D eigenvalue weighted by Gasteiger charge is 2.35. The highest BCUT2D eigenvalue weighted by Crippen LogP contribution is 2.36. The molecule has 0 bridgehead atoms. The minimum Gasteiger partial charge on any atom is -0.497 e. The van der Waals surface area contributed by atoms with Crippen molar-refractivity contribution in [2.24, 2.45) is 4.99 Å². The molecule has 0 N–H and O–H groups in total. The number of thiazole rings is 1. The van der Waals surface area contributed by atoms with Crippen LogP contribution in [0.2, 0.25) is 0 Å². The van der Waals surface area contributed by atoms with E-state index in [4.69, 9.17) is 23.9 Å². The van der Waals surface area contributed by atoms with Crippen molar-refractivity contribution >= 4 is 29.1 Å². The molecule has 210 valence electrons. The van der Waals surface area contributed by atoms with Gasteiger partial charge >= 0.3 is 5.97 Å². The largest absolute Gasteiger partial charge is 0.497 e. The van der Waals surface area contributed by atoms with Gasteiger partial charge in [-0.05, 0) is 55.3 Å². The first-order valence-electron chi connectivity index (χ1n) is 13.2. The molecule has 2 heterocycles. The van der Waals surface area contributed by atoms with Crippen LogP contribution in [0.3, 0.4) is 0 Å². The van der Waals surface area contributed by atoms with Crippen LogP contribution in [0.4, 0.5) is 0 Å². The standard InChI is InChI=1S/C32H30N2O6S/c1-5-39-24-16-15-20(17-25(24)38-4)18-26-30(35)34-29(22-13-10-14-23(19-22)37-3)27(31(36)40-6-2)28(33-32(34)41-26)21-11-8-7-9-12-21/h7-19,29H,5-6H2,1-4H3/b26-18-/t29-/m1/s1. The summed E-state index contributed by atoms with van der Waals surface area (Å²) < 4.78 is 24.2. The molecule has 41 heavy (non-hydrogen) atoms. The number of carbonyl (C=O) groups excluding carboxylic acids is 1. The third-order valence-corrected chi connectivity index (χ3v) is 7.55. The third kappa shape index (κ3) is 5.53. The molecule has 8 nitrogen and oxygen atoms in total. The maximum atomic E-state index is 14.1. The second kappa shape index (κ2) is 12.3. The van der Waals surface area contributed by atoms with E-state index in [0.29, 0.717) is 44.4 Å². The zero-order valence-corrected chi connectivity index (χ0v) is 24.1. The molecule has 0 radical (unpaired) electrons. The fourth-order valence-corrected chi connectivity index (χ4v) is 5.77. The number of methoxy groups -OCH3 is 2. The third-order valence-electron chi connectivity index (χ3n) is 6.57. The van der Waals surface area contributed by atoms with Crippen LogP contribution in [0, 0.1) is 0 Å². The zero-order chi connectivity index (χ0) is 28.9. The summed E-state index contributed by atoms with van der Waals surface area (Å²) in [5, 5.41) is 0. The maximum absolute atomic E-state index is 14.1. The molecule has 1 aromatic heterocycles. The van der Waals surface area contributed by atoms with Crippen LogP contribution in [0.1, 0.15) is 36.6 Å². The van der Waals surface area contributed by atoms with Crippen LogP contribution < -0.4 is 29.1 Å². The highest BCUT2D eigenvalue weighted by atomic mass is 32.1. The summed E-state index contributed by atoms with van der Waals surface area (Å²) in [4.78, 5) is 33.0. The Hall–Kier alpha value is -4.63. The molecule has 3 aromatic carbocycles. The Balaban J connectivity index is 1.78. The number of carbonyl (C=O) groups is 1. The average molecular weight is 571 g/mol. The number of benzene rings is 3. The molecule has 1 aliphatic heterocycles. The predicted molar refractivity (Wildman–Crippen MR) is 158 cm³/mol.